The Bertz CT molecular complexity index is 1230. The fourth-order valence-electron chi connectivity index (χ4n) is 3.17. The molecule has 7 nitrogen and oxygen atoms in total. The predicted molar refractivity (Wildman–Crippen MR) is 122 cm³/mol. The van der Waals surface area contributed by atoms with E-state index >= 15 is 0 Å². The zero-order chi connectivity index (χ0) is 23.8. The van der Waals surface area contributed by atoms with Crippen LogP contribution in [0.25, 0.3) is 0 Å². The minimum atomic E-state index is -3.81. The van der Waals surface area contributed by atoms with E-state index in [0.717, 1.165) is 0 Å². The summed E-state index contributed by atoms with van der Waals surface area (Å²) in [5.41, 5.74) is 1.84. The summed E-state index contributed by atoms with van der Waals surface area (Å²) >= 11 is 0. The van der Waals surface area contributed by atoms with Crippen molar-refractivity contribution in [3.63, 3.8) is 0 Å². The molecule has 9 heteroatoms. The number of methoxy groups -OCH3 is 2. The van der Waals surface area contributed by atoms with Crippen LogP contribution in [0, 0.1) is 5.82 Å². The third-order valence-electron chi connectivity index (χ3n) is 4.90. The van der Waals surface area contributed by atoms with E-state index in [9.17, 15) is 17.6 Å². The highest BCUT2D eigenvalue weighted by Crippen LogP contribution is 2.25. The Hall–Kier alpha value is -3.43. The molecule has 0 saturated carbocycles. The van der Waals surface area contributed by atoms with Crippen molar-refractivity contribution in [3.8, 4) is 11.5 Å². The lowest BCUT2D eigenvalue weighted by Crippen LogP contribution is -2.25. The van der Waals surface area contributed by atoms with Gasteiger partial charge < -0.3 is 14.8 Å². The zero-order valence-electron chi connectivity index (χ0n) is 18.3. The summed E-state index contributed by atoms with van der Waals surface area (Å²) in [6.45, 7) is 0.120. The molecule has 0 saturated heterocycles. The Morgan fingerprint density at radius 3 is 2.33 bits per heavy atom. The second-order valence-electron chi connectivity index (χ2n) is 7.23. The maximum Gasteiger partial charge on any atom is 0.240 e. The van der Waals surface area contributed by atoms with E-state index < -0.39 is 15.8 Å². The van der Waals surface area contributed by atoms with Gasteiger partial charge in [-0.2, -0.15) is 0 Å². The predicted octanol–water partition coefficient (Wildman–Crippen LogP) is 3.18. The molecular formula is C24H25FN2O5S. The summed E-state index contributed by atoms with van der Waals surface area (Å²) in [5, 5.41) is 2.79. The minimum Gasteiger partial charge on any atom is -0.497 e. The number of halogens is 1. The number of hydrogen-bond acceptors (Lipinski definition) is 5. The molecule has 0 atom stereocenters. The Balaban J connectivity index is 1.61. The maximum atomic E-state index is 13.3. The highest BCUT2D eigenvalue weighted by molar-refractivity contribution is 7.89. The number of ether oxygens (including phenoxy) is 2. The third kappa shape index (κ3) is 6.77. The first-order chi connectivity index (χ1) is 15.8. The lowest BCUT2D eigenvalue weighted by molar-refractivity contribution is -0.120. The van der Waals surface area contributed by atoms with Gasteiger partial charge in [-0.05, 0) is 41.5 Å². The van der Waals surface area contributed by atoms with Gasteiger partial charge in [0.2, 0.25) is 15.9 Å². The normalized spacial score (nSPS) is 11.1. The van der Waals surface area contributed by atoms with Gasteiger partial charge in [-0.3, -0.25) is 4.79 Å². The molecule has 0 aliphatic carbocycles. The summed E-state index contributed by atoms with van der Waals surface area (Å²) in [6, 6.07) is 17.2. The summed E-state index contributed by atoms with van der Waals surface area (Å²) in [4.78, 5) is 12.5. The third-order valence-corrected chi connectivity index (χ3v) is 6.30. The van der Waals surface area contributed by atoms with Crippen LogP contribution < -0.4 is 19.5 Å². The second kappa shape index (κ2) is 10.9. The number of sulfonamides is 1. The lowest BCUT2D eigenvalue weighted by Gasteiger charge is -2.11. The van der Waals surface area contributed by atoms with E-state index in [-0.39, 0.29) is 30.3 Å². The number of nitrogens with one attached hydrogen (secondary N) is 2. The smallest absolute Gasteiger partial charge is 0.240 e. The molecular weight excluding hydrogens is 447 g/mol. The van der Waals surface area contributed by atoms with Crippen LogP contribution in [0.3, 0.4) is 0 Å². The van der Waals surface area contributed by atoms with Crippen molar-refractivity contribution in [2.45, 2.75) is 24.4 Å². The van der Waals surface area contributed by atoms with E-state index in [1.54, 1.807) is 43.5 Å². The molecule has 0 aliphatic rings. The van der Waals surface area contributed by atoms with Crippen LogP contribution in [-0.2, 0) is 34.3 Å². The molecule has 0 aromatic heterocycles. The summed E-state index contributed by atoms with van der Waals surface area (Å²) in [7, 11) is -0.744. The number of hydrogen-bond donors (Lipinski definition) is 2. The number of amides is 1. The fraction of sp³-hybridized carbons (Fsp3) is 0.208. The van der Waals surface area contributed by atoms with Crippen molar-refractivity contribution in [3.05, 3.63) is 89.2 Å². The van der Waals surface area contributed by atoms with Gasteiger partial charge >= 0.3 is 0 Å². The number of carbonyl (C=O) groups excluding carboxylic acids is 1. The van der Waals surface area contributed by atoms with Gasteiger partial charge in [-0.25, -0.2) is 17.5 Å². The second-order valence-corrected chi connectivity index (χ2v) is 9.00. The van der Waals surface area contributed by atoms with Crippen LogP contribution in [0.15, 0.2) is 71.6 Å². The molecule has 3 rings (SSSR count). The average molecular weight is 473 g/mol. The highest BCUT2D eigenvalue weighted by atomic mass is 32.2. The summed E-state index contributed by atoms with van der Waals surface area (Å²) < 4.78 is 51.5. The van der Waals surface area contributed by atoms with Gasteiger partial charge in [0, 0.05) is 24.7 Å². The van der Waals surface area contributed by atoms with Crippen LogP contribution in [0.4, 0.5) is 4.39 Å². The molecule has 1 amide bonds. The average Bonchev–Trinajstić information content (AvgIpc) is 2.82. The van der Waals surface area contributed by atoms with Crippen LogP contribution in [0.1, 0.15) is 16.7 Å². The van der Waals surface area contributed by atoms with Crippen LogP contribution >= 0.6 is 0 Å². The molecule has 33 heavy (non-hydrogen) atoms. The molecule has 0 unspecified atom stereocenters. The molecule has 0 spiro atoms. The largest absolute Gasteiger partial charge is 0.497 e. The van der Waals surface area contributed by atoms with E-state index in [1.165, 1.54) is 37.4 Å². The Labute approximate surface area is 192 Å². The first-order valence-electron chi connectivity index (χ1n) is 10.1. The summed E-state index contributed by atoms with van der Waals surface area (Å²) in [5.74, 6) is 0.495. The van der Waals surface area contributed by atoms with E-state index in [4.69, 9.17) is 9.47 Å². The summed E-state index contributed by atoms with van der Waals surface area (Å²) in [6.07, 6.45) is 0.0976. The lowest BCUT2D eigenvalue weighted by atomic mass is 10.1. The van der Waals surface area contributed by atoms with Crippen molar-refractivity contribution in [2.24, 2.45) is 0 Å². The SMILES string of the molecule is COc1ccc(CC(=O)NCc2cccc(S(=O)(=O)NCc3cccc(F)c3)c2)c(OC)c1. The van der Waals surface area contributed by atoms with Gasteiger partial charge in [0.15, 0.2) is 0 Å². The zero-order valence-corrected chi connectivity index (χ0v) is 19.1. The number of benzene rings is 3. The minimum absolute atomic E-state index is 0.0370. The Morgan fingerprint density at radius 2 is 1.64 bits per heavy atom. The molecule has 3 aromatic carbocycles. The van der Waals surface area contributed by atoms with Crippen molar-refractivity contribution < 1.29 is 27.1 Å². The van der Waals surface area contributed by atoms with Gasteiger partial charge in [0.25, 0.3) is 0 Å². The molecule has 0 aliphatic heterocycles. The Morgan fingerprint density at radius 1 is 0.909 bits per heavy atom. The first kappa shape index (κ1) is 24.2. The maximum absolute atomic E-state index is 13.3. The number of carbonyl (C=O) groups is 1. The van der Waals surface area contributed by atoms with Crippen molar-refractivity contribution in [2.75, 3.05) is 14.2 Å². The van der Waals surface area contributed by atoms with E-state index in [1.807, 2.05) is 0 Å². The standard InChI is InChI=1S/C24H25FN2O5S/c1-31-21-10-9-19(23(14-21)32-2)13-24(28)26-15-18-6-4-8-22(12-18)33(29,30)27-16-17-5-3-7-20(25)11-17/h3-12,14,27H,13,15-16H2,1-2H3,(H,26,28). The van der Waals surface area contributed by atoms with Crippen molar-refractivity contribution in [1.82, 2.24) is 10.0 Å². The van der Waals surface area contributed by atoms with Gasteiger partial charge in [0.05, 0.1) is 25.5 Å². The molecule has 0 bridgehead atoms. The van der Waals surface area contributed by atoms with Crippen LogP contribution in [-0.4, -0.2) is 28.5 Å². The molecule has 0 fully saturated rings. The Kier molecular flexibility index (Phi) is 8.02. The van der Waals surface area contributed by atoms with E-state index in [0.29, 0.717) is 28.2 Å². The highest BCUT2D eigenvalue weighted by Gasteiger charge is 2.15. The monoisotopic (exact) mass is 472 g/mol. The van der Waals surface area contributed by atoms with Crippen molar-refractivity contribution in [1.29, 1.82) is 0 Å². The molecule has 0 heterocycles. The van der Waals surface area contributed by atoms with Gasteiger partial charge in [0.1, 0.15) is 17.3 Å². The van der Waals surface area contributed by atoms with Crippen LogP contribution in [0.2, 0.25) is 0 Å². The topological polar surface area (TPSA) is 93.7 Å². The van der Waals surface area contributed by atoms with Gasteiger partial charge in [-0.15, -0.1) is 0 Å². The molecule has 2 N–H and O–H groups in total. The molecule has 0 radical (unpaired) electrons. The van der Waals surface area contributed by atoms with E-state index in [2.05, 4.69) is 10.0 Å². The molecule has 3 aromatic rings. The van der Waals surface area contributed by atoms with Crippen LogP contribution in [0.5, 0.6) is 11.5 Å². The first-order valence-corrected chi connectivity index (χ1v) is 11.6. The van der Waals surface area contributed by atoms with Crippen molar-refractivity contribution >= 4 is 15.9 Å². The quantitative estimate of drug-likeness (QED) is 0.473. The molecule has 174 valence electrons. The number of rotatable bonds is 10. The van der Waals surface area contributed by atoms with Gasteiger partial charge in [-0.1, -0.05) is 30.3 Å². The fourth-order valence-corrected chi connectivity index (χ4v) is 4.25.